The second kappa shape index (κ2) is 7.01. The molecule has 0 unspecified atom stereocenters. The minimum Gasteiger partial charge on any atom is -0.354 e. The molecule has 2 aliphatic heterocycles. The smallest absolute Gasteiger partial charge is 0.237 e. The van der Waals surface area contributed by atoms with E-state index in [0.717, 1.165) is 25.9 Å². The highest BCUT2D eigenvalue weighted by Crippen LogP contribution is 2.21. The summed E-state index contributed by atoms with van der Waals surface area (Å²) in [5.41, 5.74) is 1.22. The number of hydrogen-bond acceptors (Lipinski definition) is 4. The molecular weight excluding hydrogens is 312 g/mol. The van der Waals surface area contributed by atoms with Crippen LogP contribution >= 0.6 is 0 Å². The van der Waals surface area contributed by atoms with Crippen LogP contribution in [0.5, 0.6) is 0 Å². The molecule has 0 saturated carbocycles. The number of benzene rings is 1. The average molecular weight is 336 g/mol. The molecule has 0 aliphatic carbocycles. The molecule has 2 saturated heterocycles. The largest absolute Gasteiger partial charge is 0.354 e. The molecule has 0 bridgehead atoms. The van der Waals surface area contributed by atoms with E-state index in [1.165, 1.54) is 5.56 Å². The number of carbonyl (C=O) groups is 1. The van der Waals surface area contributed by atoms with Gasteiger partial charge in [-0.15, -0.1) is 0 Å². The SMILES string of the molecule is O=C(NC[C@@H]1CCS(=O)(=O)C1)[C@H]1CCCN1Cc1ccccc1. The van der Waals surface area contributed by atoms with Crippen LogP contribution in [0, 0.1) is 5.92 Å². The van der Waals surface area contributed by atoms with Crippen molar-refractivity contribution in [2.75, 3.05) is 24.6 Å². The van der Waals surface area contributed by atoms with Gasteiger partial charge in [0.15, 0.2) is 9.84 Å². The van der Waals surface area contributed by atoms with Gasteiger partial charge in [0.05, 0.1) is 17.5 Å². The van der Waals surface area contributed by atoms with Gasteiger partial charge in [-0.2, -0.15) is 0 Å². The van der Waals surface area contributed by atoms with Crippen molar-refractivity contribution in [3.63, 3.8) is 0 Å². The molecule has 5 nitrogen and oxygen atoms in total. The molecule has 0 aromatic heterocycles. The van der Waals surface area contributed by atoms with Gasteiger partial charge in [0, 0.05) is 13.1 Å². The van der Waals surface area contributed by atoms with Gasteiger partial charge >= 0.3 is 0 Å². The molecule has 126 valence electrons. The van der Waals surface area contributed by atoms with E-state index in [1.807, 2.05) is 18.2 Å². The van der Waals surface area contributed by atoms with Crippen molar-refractivity contribution in [2.45, 2.75) is 31.8 Å². The molecule has 1 aromatic carbocycles. The monoisotopic (exact) mass is 336 g/mol. The first-order valence-corrected chi connectivity index (χ1v) is 10.1. The number of nitrogens with zero attached hydrogens (tertiary/aromatic N) is 1. The second-order valence-corrected chi connectivity index (χ2v) is 8.86. The quantitative estimate of drug-likeness (QED) is 0.877. The number of carbonyl (C=O) groups excluding carboxylic acids is 1. The van der Waals surface area contributed by atoms with Crippen LogP contribution in [-0.4, -0.2) is 49.9 Å². The molecule has 2 atom stereocenters. The number of sulfone groups is 1. The van der Waals surface area contributed by atoms with Gasteiger partial charge in [-0.1, -0.05) is 30.3 Å². The lowest BCUT2D eigenvalue weighted by Crippen LogP contribution is -2.44. The Morgan fingerprint density at radius 3 is 2.70 bits per heavy atom. The van der Waals surface area contributed by atoms with E-state index in [9.17, 15) is 13.2 Å². The van der Waals surface area contributed by atoms with E-state index in [1.54, 1.807) is 0 Å². The zero-order valence-corrected chi connectivity index (χ0v) is 14.1. The van der Waals surface area contributed by atoms with E-state index in [0.29, 0.717) is 13.0 Å². The summed E-state index contributed by atoms with van der Waals surface area (Å²) in [7, 11) is -2.88. The lowest BCUT2D eigenvalue weighted by atomic mass is 10.1. The van der Waals surface area contributed by atoms with Crippen molar-refractivity contribution < 1.29 is 13.2 Å². The Morgan fingerprint density at radius 2 is 2.00 bits per heavy atom. The summed E-state index contributed by atoms with van der Waals surface area (Å²) in [6, 6.07) is 10.1. The molecule has 23 heavy (non-hydrogen) atoms. The first-order valence-electron chi connectivity index (χ1n) is 8.29. The topological polar surface area (TPSA) is 66.5 Å². The van der Waals surface area contributed by atoms with Crippen LogP contribution in [0.2, 0.25) is 0 Å². The Morgan fingerprint density at radius 1 is 1.22 bits per heavy atom. The van der Waals surface area contributed by atoms with Crippen LogP contribution in [0.1, 0.15) is 24.8 Å². The molecular formula is C17H24N2O3S. The number of amides is 1. The maximum atomic E-state index is 12.5. The predicted molar refractivity (Wildman–Crippen MR) is 89.6 cm³/mol. The molecule has 1 aromatic rings. The minimum absolute atomic E-state index is 0.0442. The Bertz CT molecular complexity index is 645. The lowest BCUT2D eigenvalue weighted by molar-refractivity contribution is -0.125. The van der Waals surface area contributed by atoms with Crippen LogP contribution in [-0.2, 0) is 21.2 Å². The zero-order valence-electron chi connectivity index (χ0n) is 13.3. The summed E-state index contributed by atoms with van der Waals surface area (Å²) >= 11 is 0. The highest BCUT2D eigenvalue weighted by atomic mass is 32.2. The fourth-order valence-corrected chi connectivity index (χ4v) is 5.39. The summed E-state index contributed by atoms with van der Waals surface area (Å²) in [5, 5.41) is 2.98. The van der Waals surface area contributed by atoms with Crippen molar-refractivity contribution in [3.05, 3.63) is 35.9 Å². The molecule has 2 fully saturated rings. The van der Waals surface area contributed by atoms with Gasteiger partial charge < -0.3 is 5.32 Å². The maximum absolute atomic E-state index is 12.5. The zero-order chi connectivity index (χ0) is 16.3. The minimum atomic E-state index is -2.88. The van der Waals surface area contributed by atoms with Gasteiger partial charge in [0.2, 0.25) is 5.91 Å². The third-order valence-corrected chi connectivity index (χ3v) is 6.62. The Balaban J connectivity index is 1.52. The lowest BCUT2D eigenvalue weighted by Gasteiger charge is -2.24. The first kappa shape index (κ1) is 16.5. The Labute approximate surface area is 138 Å². The van der Waals surface area contributed by atoms with E-state index in [2.05, 4.69) is 22.3 Å². The number of nitrogens with one attached hydrogen (secondary N) is 1. The predicted octanol–water partition coefficient (Wildman–Crippen LogP) is 1.20. The van der Waals surface area contributed by atoms with Crippen LogP contribution in [0.15, 0.2) is 30.3 Å². The molecule has 3 rings (SSSR count). The van der Waals surface area contributed by atoms with E-state index in [4.69, 9.17) is 0 Å². The van der Waals surface area contributed by atoms with Crippen molar-refractivity contribution >= 4 is 15.7 Å². The first-order chi connectivity index (χ1) is 11.0. The van der Waals surface area contributed by atoms with E-state index < -0.39 is 9.84 Å². The number of likely N-dealkylation sites (tertiary alicyclic amines) is 1. The maximum Gasteiger partial charge on any atom is 0.237 e. The van der Waals surface area contributed by atoms with Crippen molar-refractivity contribution in [1.82, 2.24) is 10.2 Å². The summed E-state index contributed by atoms with van der Waals surface area (Å²) in [4.78, 5) is 14.7. The molecule has 0 radical (unpaired) electrons. The standard InChI is InChI=1S/C17H24N2O3S/c20-17(18-11-15-8-10-23(21,22)13-15)16-7-4-9-19(16)12-14-5-2-1-3-6-14/h1-3,5-6,15-16H,4,7-13H2,(H,18,20)/t15-,16+/m0/s1. The molecule has 1 N–H and O–H groups in total. The van der Waals surface area contributed by atoms with Crippen LogP contribution in [0.3, 0.4) is 0 Å². The highest BCUT2D eigenvalue weighted by molar-refractivity contribution is 7.91. The fourth-order valence-electron chi connectivity index (χ4n) is 3.53. The van der Waals surface area contributed by atoms with Gasteiger partial charge in [-0.05, 0) is 37.3 Å². The van der Waals surface area contributed by atoms with E-state index >= 15 is 0 Å². The Kier molecular flexibility index (Phi) is 5.02. The summed E-state index contributed by atoms with van der Waals surface area (Å²) in [6.07, 6.45) is 2.57. The van der Waals surface area contributed by atoms with E-state index in [-0.39, 0.29) is 29.4 Å². The normalized spacial score (nSPS) is 27.1. The van der Waals surface area contributed by atoms with Crippen LogP contribution < -0.4 is 5.32 Å². The number of hydrogen-bond donors (Lipinski definition) is 1. The van der Waals surface area contributed by atoms with Gasteiger partial charge in [0.1, 0.15) is 0 Å². The van der Waals surface area contributed by atoms with Gasteiger partial charge in [-0.3, -0.25) is 9.69 Å². The average Bonchev–Trinajstić information content (AvgIpc) is 3.12. The Hall–Kier alpha value is -1.40. The molecule has 0 spiro atoms. The van der Waals surface area contributed by atoms with Crippen LogP contribution in [0.25, 0.3) is 0 Å². The molecule has 6 heteroatoms. The van der Waals surface area contributed by atoms with Crippen molar-refractivity contribution in [1.29, 1.82) is 0 Å². The van der Waals surface area contributed by atoms with Gasteiger partial charge in [0.25, 0.3) is 0 Å². The van der Waals surface area contributed by atoms with Crippen molar-refractivity contribution in [2.24, 2.45) is 5.92 Å². The number of rotatable bonds is 5. The molecule has 1 amide bonds. The van der Waals surface area contributed by atoms with Crippen LogP contribution in [0.4, 0.5) is 0 Å². The second-order valence-electron chi connectivity index (χ2n) is 6.63. The van der Waals surface area contributed by atoms with Crippen molar-refractivity contribution in [3.8, 4) is 0 Å². The summed E-state index contributed by atoms with van der Waals surface area (Å²) in [5.74, 6) is 0.596. The van der Waals surface area contributed by atoms with Gasteiger partial charge in [-0.25, -0.2) is 8.42 Å². The molecule has 2 heterocycles. The fraction of sp³-hybridized carbons (Fsp3) is 0.588. The highest BCUT2D eigenvalue weighted by Gasteiger charge is 2.32. The summed E-state index contributed by atoms with van der Waals surface area (Å²) < 4.78 is 23.0. The summed E-state index contributed by atoms with van der Waals surface area (Å²) in [6.45, 7) is 2.20. The third kappa shape index (κ3) is 4.32. The third-order valence-electron chi connectivity index (χ3n) is 4.79. The molecule has 2 aliphatic rings.